The Balaban J connectivity index is 1.29. The largest absolute Gasteiger partial charge is 0.326 e. The van der Waals surface area contributed by atoms with Crippen molar-refractivity contribution in [1.29, 1.82) is 0 Å². The number of halogens is 3. The predicted octanol–water partition coefficient (Wildman–Crippen LogP) is 5.42. The fourth-order valence-corrected chi connectivity index (χ4v) is 4.83. The number of hydrogen-bond acceptors (Lipinski definition) is 2. The molecule has 0 aliphatic heterocycles. The minimum atomic E-state index is -0.310. The summed E-state index contributed by atoms with van der Waals surface area (Å²) in [6, 6.07) is 11.5. The van der Waals surface area contributed by atoms with Crippen molar-refractivity contribution in [2.75, 3.05) is 5.32 Å². The monoisotopic (exact) mass is 406 g/mol. The van der Waals surface area contributed by atoms with Crippen LogP contribution in [0.5, 0.6) is 0 Å². The molecule has 1 atom stereocenters. The highest BCUT2D eigenvalue weighted by Gasteiger charge is 2.70. The number of nitrogens with one attached hydrogen (secondary N) is 2. The van der Waals surface area contributed by atoms with Gasteiger partial charge in [0.15, 0.2) is 0 Å². The van der Waals surface area contributed by atoms with Gasteiger partial charge in [-0.15, -0.1) is 0 Å². The van der Waals surface area contributed by atoms with E-state index < -0.39 is 0 Å². The Bertz CT molecular complexity index is 864. The van der Waals surface area contributed by atoms with Gasteiger partial charge in [-0.3, -0.25) is 4.79 Å². The first kappa shape index (κ1) is 18.7. The van der Waals surface area contributed by atoms with Gasteiger partial charge in [0.25, 0.3) is 0 Å². The number of benzene rings is 2. The van der Waals surface area contributed by atoms with Crippen LogP contribution >= 0.6 is 23.2 Å². The molecule has 2 aromatic rings. The highest BCUT2D eigenvalue weighted by molar-refractivity contribution is 6.42. The third-order valence-electron chi connectivity index (χ3n) is 6.15. The van der Waals surface area contributed by atoms with E-state index in [4.69, 9.17) is 23.2 Å². The molecule has 27 heavy (non-hydrogen) atoms. The Morgan fingerprint density at radius 1 is 1.11 bits per heavy atom. The minimum absolute atomic E-state index is 0.000564. The number of carbonyl (C=O) groups is 1. The lowest BCUT2D eigenvalue weighted by atomic mass is 9.36. The molecule has 1 amide bonds. The molecular formula is C21H21Cl2FN2O. The van der Waals surface area contributed by atoms with Gasteiger partial charge >= 0.3 is 0 Å². The van der Waals surface area contributed by atoms with Crippen molar-refractivity contribution in [1.82, 2.24) is 5.32 Å². The van der Waals surface area contributed by atoms with E-state index in [-0.39, 0.29) is 28.6 Å². The van der Waals surface area contributed by atoms with E-state index >= 15 is 0 Å². The summed E-state index contributed by atoms with van der Waals surface area (Å²) in [5, 5.41) is 7.65. The first-order valence-corrected chi connectivity index (χ1v) is 9.82. The second-order valence-electron chi connectivity index (χ2n) is 7.99. The Morgan fingerprint density at radius 3 is 2.41 bits per heavy atom. The molecule has 3 aliphatic carbocycles. The third kappa shape index (κ3) is 3.46. The molecule has 0 heterocycles. The van der Waals surface area contributed by atoms with E-state index in [1.54, 1.807) is 12.1 Å². The minimum Gasteiger partial charge on any atom is -0.326 e. The topological polar surface area (TPSA) is 41.1 Å². The second-order valence-corrected chi connectivity index (χ2v) is 8.81. The second kappa shape index (κ2) is 6.77. The van der Waals surface area contributed by atoms with Crippen molar-refractivity contribution in [2.24, 2.45) is 11.3 Å². The van der Waals surface area contributed by atoms with Gasteiger partial charge in [0, 0.05) is 23.7 Å². The summed E-state index contributed by atoms with van der Waals surface area (Å²) < 4.78 is 13.0. The number of carbonyl (C=O) groups excluding carboxylic acids is 1. The van der Waals surface area contributed by atoms with Crippen molar-refractivity contribution in [3.8, 4) is 0 Å². The molecule has 3 saturated carbocycles. The lowest BCUT2D eigenvalue weighted by molar-refractivity contribution is -0.190. The van der Waals surface area contributed by atoms with E-state index in [1.807, 2.05) is 25.1 Å². The fourth-order valence-electron chi connectivity index (χ4n) is 4.51. The maximum atomic E-state index is 13.0. The smallest absolute Gasteiger partial charge is 0.227 e. The van der Waals surface area contributed by atoms with E-state index in [1.165, 1.54) is 12.1 Å². The van der Waals surface area contributed by atoms with Crippen molar-refractivity contribution in [3.05, 3.63) is 63.9 Å². The Hall–Kier alpha value is -1.62. The van der Waals surface area contributed by atoms with E-state index in [2.05, 4.69) is 10.6 Å². The molecule has 2 bridgehead atoms. The molecule has 2 N–H and O–H groups in total. The van der Waals surface area contributed by atoms with Gasteiger partial charge in [0.1, 0.15) is 5.82 Å². The fraction of sp³-hybridized carbons (Fsp3) is 0.381. The van der Waals surface area contributed by atoms with E-state index in [9.17, 15) is 9.18 Å². The van der Waals surface area contributed by atoms with Crippen molar-refractivity contribution in [3.63, 3.8) is 0 Å². The van der Waals surface area contributed by atoms with Gasteiger partial charge in [-0.2, -0.15) is 0 Å². The normalized spacial score (nSPS) is 26.7. The summed E-state index contributed by atoms with van der Waals surface area (Å²) in [6.07, 6.45) is 3.00. The average Bonchev–Trinajstić information content (AvgIpc) is 2.57. The summed E-state index contributed by atoms with van der Waals surface area (Å²) in [5.41, 5.74) is 1.95. The van der Waals surface area contributed by atoms with Crippen LogP contribution in [0.15, 0.2) is 42.5 Å². The van der Waals surface area contributed by atoms with Crippen molar-refractivity contribution in [2.45, 2.75) is 38.3 Å². The molecule has 5 rings (SSSR count). The molecule has 3 aliphatic rings. The van der Waals surface area contributed by atoms with Crippen molar-refractivity contribution >= 4 is 34.8 Å². The highest BCUT2D eigenvalue weighted by Crippen LogP contribution is 2.70. The molecule has 0 saturated heterocycles. The predicted molar refractivity (Wildman–Crippen MR) is 107 cm³/mol. The van der Waals surface area contributed by atoms with Crippen LogP contribution in [0.25, 0.3) is 0 Å². The summed E-state index contributed by atoms with van der Waals surface area (Å²) >= 11 is 12.0. The van der Waals surface area contributed by atoms with Crippen LogP contribution in [0.2, 0.25) is 10.0 Å². The van der Waals surface area contributed by atoms with Gasteiger partial charge in [0.05, 0.1) is 10.0 Å². The van der Waals surface area contributed by atoms with Gasteiger partial charge in [0.2, 0.25) is 5.91 Å². The molecule has 3 fully saturated rings. The molecule has 2 aromatic carbocycles. The number of anilines is 1. The molecule has 0 aromatic heterocycles. The summed E-state index contributed by atoms with van der Waals surface area (Å²) in [7, 11) is 0. The molecule has 0 radical (unpaired) electrons. The lowest BCUT2D eigenvalue weighted by Gasteiger charge is -2.73. The highest BCUT2D eigenvalue weighted by atomic mass is 35.5. The van der Waals surface area contributed by atoms with Crippen LogP contribution in [-0.2, 0) is 11.3 Å². The number of amides is 1. The lowest BCUT2D eigenvalue weighted by Crippen LogP contribution is -2.76. The summed E-state index contributed by atoms with van der Waals surface area (Å²) in [4.78, 5) is 12.6. The number of hydrogen-bond donors (Lipinski definition) is 2. The Kier molecular flexibility index (Phi) is 4.69. The summed E-state index contributed by atoms with van der Waals surface area (Å²) in [6.45, 7) is 2.73. The molecule has 6 heteroatoms. The average molecular weight is 407 g/mol. The molecule has 1 unspecified atom stereocenters. The quantitative estimate of drug-likeness (QED) is 0.672. The van der Waals surface area contributed by atoms with Crippen LogP contribution in [0, 0.1) is 17.2 Å². The zero-order valence-electron chi connectivity index (χ0n) is 15.0. The van der Waals surface area contributed by atoms with Gasteiger partial charge < -0.3 is 10.6 Å². The molecule has 0 spiro atoms. The van der Waals surface area contributed by atoms with Gasteiger partial charge in [-0.05, 0) is 66.6 Å². The van der Waals surface area contributed by atoms with E-state index in [0.717, 1.165) is 31.4 Å². The maximum Gasteiger partial charge on any atom is 0.227 e. The van der Waals surface area contributed by atoms with Crippen LogP contribution < -0.4 is 10.6 Å². The zero-order valence-corrected chi connectivity index (χ0v) is 16.5. The van der Waals surface area contributed by atoms with Crippen LogP contribution in [0.4, 0.5) is 10.1 Å². The first-order chi connectivity index (χ1) is 12.8. The third-order valence-corrected chi connectivity index (χ3v) is 6.89. The summed E-state index contributed by atoms with van der Waals surface area (Å²) in [5.74, 6) is -0.383. The maximum absolute atomic E-state index is 13.0. The standard InChI is InChI=1S/C21H21Cl2FN2O/c1-13(19(27)26-16-5-3-15(24)4-6-16)20-10-21(11-20,12-20)25-9-14-2-7-17(22)18(23)8-14/h2-8,13,25H,9-12H2,1H3,(H,26,27). The van der Waals surface area contributed by atoms with Crippen LogP contribution in [0.1, 0.15) is 31.7 Å². The van der Waals surface area contributed by atoms with Gasteiger partial charge in [-0.1, -0.05) is 36.2 Å². The molecular weight excluding hydrogens is 386 g/mol. The molecule has 142 valence electrons. The van der Waals surface area contributed by atoms with E-state index in [0.29, 0.717) is 15.7 Å². The Morgan fingerprint density at radius 2 is 1.78 bits per heavy atom. The first-order valence-electron chi connectivity index (χ1n) is 9.06. The Labute approximate surface area is 168 Å². The number of rotatable bonds is 6. The van der Waals surface area contributed by atoms with Crippen LogP contribution in [0.3, 0.4) is 0 Å². The molecule has 3 nitrogen and oxygen atoms in total. The van der Waals surface area contributed by atoms with Crippen molar-refractivity contribution < 1.29 is 9.18 Å². The van der Waals surface area contributed by atoms with Crippen LogP contribution in [-0.4, -0.2) is 11.4 Å². The zero-order chi connectivity index (χ0) is 19.2. The SMILES string of the molecule is CC(C(=O)Nc1ccc(F)cc1)C12CC(NCc3ccc(Cl)c(Cl)c3)(C1)C2. The van der Waals surface area contributed by atoms with Gasteiger partial charge in [-0.25, -0.2) is 4.39 Å².